The summed E-state index contributed by atoms with van der Waals surface area (Å²) in [6.07, 6.45) is 8.84. The molecule has 0 unspecified atom stereocenters. The van der Waals surface area contributed by atoms with Crippen LogP contribution in [0.1, 0.15) is 22.4 Å². The van der Waals surface area contributed by atoms with Crippen molar-refractivity contribution >= 4 is 15.7 Å². The normalized spacial score (nSPS) is 17.1. The summed E-state index contributed by atoms with van der Waals surface area (Å²) in [5.41, 5.74) is 4.26. The number of nitrogens with zero attached hydrogens (tertiary/aromatic N) is 6. The molecule has 3 heterocycles. The minimum Gasteiger partial charge on any atom is -0.364 e. The lowest BCUT2D eigenvalue weighted by atomic mass is 10.1. The predicted molar refractivity (Wildman–Crippen MR) is 118 cm³/mol. The number of nitriles is 1. The van der Waals surface area contributed by atoms with Gasteiger partial charge in [0.25, 0.3) is 0 Å². The Morgan fingerprint density at radius 1 is 1.23 bits per heavy atom. The summed E-state index contributed by atoms with van der Waals surface area (Å²) in [5.74, 6) is 0. The van der Waals surface area contributed by atoms with Crippen molar-refractivity contribution in [2.24, 2.45) is 7.05 Å². The molecule has 0 bridgehead atoms. The Kier molecular flexibility index (Phi) is 5.76. The van der Waals surface area contributed by atoms with E-state index in [0.29, 0.717) is 25.1 Å². The van der Waals surface area contributed by atoms with E-state index >= 15 is 0 Å². The monoisotopic (exact) mass is 436 g/mol. The van der Waals surface area contributed by atoms with Gasteiger partial charge in [-0.2, -0.15) is 9.57 Å². The molecule has 0 saturated heterocycles. The summed E-state index contributed by atoms with van der Waals surface area (Å²) in [5, 5.41) is 9.38. The fourth-order valence-corrected chi connectivity index (χ4v) is 5.11. The van der Waals surface area contributed by atoms with E-state index in [0.717, 1.165) is 22.5 Å². The van der Waals surface area contributed by atoms with Gasteiger partial charge in [-0.1, -0.05) is 6.07 Å². The quantitative estimate of drug-likeness (QED) is 0.608. The van der Waals surface area contributed by atoms with Crippen LogP contribution in [0.15, 0.2) is 55.2 Å². The van der Waals surface area contributed by atoms with Gasteiger partial charge < -0.3 is 9.47 Å². The van der Waals surface area contributed by atoms with Crippen LogP contribution in [0.25, 0.3) is 0 Å². The van der Waals surface area contributed by atoms with Crippen molar-refractivity contribution in [1.29, 1.82) is 5.26 Å². The maximum Gasteiger partial charge on any atom is 0.211 e. The van der Waals surface area contributed by atoms with E-state index in [-0.39, 0.29) is 12.6 Å². The van der Waals surface area contributed by atoms with Gasteiger partial charge in [-0.15, -0.1) is 0 Å². The largest absolute Gasteiger partial charge is 0.364 e. The Hall–Kier alpha value is -3.22. The number of benzene rings is 1. The number of pyridine rings is 1. The van der Waals surface area contributed by atoms with Crippen LogP contribution in [0.3, 0.4) is 0 Å². The van der Waals surface area contributed by atoms with Gasteiger partial charge in [-0.3, -0.25) is 4.98 Å². The molecule has 4 rings (SSSR count). The maximum atomic E-state index is 12.8. The molecular formula is C22H24N6O2S. The maximum absolute atomic E-state index is 12.8. The number of hydrogen-bond acceptors (Lipinski definition) is 6. The molecule has 0 fully saturated rings. The average Bonchev–Trinajstić information content (AvgIpc) is 3.07. The number of aromatic nitrogens is 3. The number of imidazole rings is 1. The molecule has 1 aromatic carbocycles. The molecule has 1 aliphatic rings. The van der Waals surface area contributed by atoms with Crippen LogP contribution in [-0.4, -0.2) is 46.1 Å². The van der Waals surface area contributed by atoms with Crippen molar-refractivity contribution in [3.8, 4) is 6.07 Å². The highest BCUT2D eigenvalue weighted by molar-refractivity contribution is 7.88. The molecule has 0 amide bonds. The molecule has 0 N–H and O–H groups in total. The van der Waals surface area contributed by atoms with Crippen molar-refractivity contribution in [3.63, 3.8) is 0 Å². The van der Waals surface area contributed by atoms with Crippen LogP contribution in [0.4, 0.5) is 5.69 Å². The number of aryl methyl sites for hydroxylation is 1. The number of sulfonamides is 1. The summed E-state index contributed by atoms with van der Waals surface area (Å²) in [7, 11) is -1.55. The Morgan fingerprint density at radius 2 is 2.06 bits per heavy atom. The molecule has 0 aliphatic carbocycles. The zero-order valence-corrected chi connectivity index (χ0v) is 18.3. The molecule has 1 atom stereocenters. The molecule has 0 radical (unpaired) electrons. The highest BCUT2D eigenvalue weighted by Crippen LogP contribution is 2.31. The van der Waals surface area contributed by atoms with Gasteiger partial charge in [0, 0.05) is 50.5 Å². The minimum atomic E-state index is -3.49. The van der Waals surface area contributed by atoms with E-state index in [1.54, 1.807) is 35.2 Å². The second-order valence-electron chi connectivity index (χ2n) is 7.86. The van der Waals surface area contributed by atoms with E-state index in [9.17, 15) is 13.7 Å². The van der Waals surface area contributed by atoms with Gasteiger partial charge in [0.05, 0.1) is 36.5 Å². The highest BCUT2D eigenvalue weighted by atomic mass is 32.2. The SMILES string of the molecule is Cn1cncc1CN1C[C@@H](Cc2cccnc2)N(S(C)(=O)=O)Cc2cc(C#N)ccc21. The summed E-state index contributed by atoms with van der Waals surface area (Å²) in [6, 6.07) is 11.2. The van der Waals surface area contributed by atoms with Crippen LogP contribution in [0.2, 0.25) is 0 Å². The Bertz CT molecular complexity index is 1220. The van der Waals surface area contributed by atoms with Crippen molar-refractivity contribution in [3.05, 3.63) is 77.6 Å². The zero-order chi connectivity index (χ0) is 22.0. The summed E-state index contributed by atoms with van der Waals surface area (Å²) in [4.78, 5) is 10.6. The first-order chi connectivity index (χ1) is 14.8. The van der Waals surface area contributed by atoms with Crippen LogP contribution >= 0.6 is 0 Å². The molecule has 0 spiro atoms. The third-order valence-electron chi connectivity index (χ3n) is 5.60. The van der Waals surface area contributed by atoms with E-state index in [4.69, 9.17) is 0 Å². The van der Waals surface area contributed by atoms with Crippen LogP contribution in [0.5, 0.6) is 0 Å². The van der Waals surface area contributed by atoms with Crippen molar-refractivity contribution < 1.29 is 8.42 Å². The molecule has 2 aromatic heterocycles. The molecule has 1 aliphatic heterocycles. The summed E-state index contributed by atoms with van der Waals surface area (Å²) >= 11 is 0. The minimum absolute atomic E-state index is 0.219. The van der Waals surface area contributed by atoms with Gasteiger partial charge in [-0.25, -0.2) is 13.4 Å². The fraction of sp³-hybridized carbons (Fsp3) is 0.318. The van der Waals surface area contributed by atoms with E-state index < -0.39 is 10.0 Å². The first-order valence-corrected chi connectivity index (χ1v) is 11.8. The average molecular weight is 437 g/mol. The van der Waals surface area contributed by atoms with Crippen LogP contribution in [0, 0.1) is 11.3 Å². The fourth-order valence-electron chi connectivity index (χ4n) is 4.06. The zero-order valence-electron chi connectivity index (χ0n) is 17.5. The Balaban J connectivity index is 1.79. The third kappa shape index (κ3) is 4.60. The standard InChI is InChI=1S/C22H24N6O2S/c1-26-16-25-12-21(26)15-27-14-20(9-18-4-3-7-24-11-18)28(31(2,29)30)13-19-8-17(10-23)5-6-22(19)27/h3-8,11-12,16,20H,9,13-15H2,1-2H3/t20-/m1/s1. The van der Waals surface area contributed by atoms with Crippen molar-refractivity contribution in [2.45, 2.75) is 25.6 Å². The van der Waals surface area contributed by atoms with E-state index in [1.807, 2.05) is 36.0 Å². The number of anilines is 1. The van der Waals surface area contributed by atoms with Gasteiger partial charge >= 0.3 is 0 Å². The predicted octanol–water partition coefficient (Wildman–Crippen LogP) is 2.08. The highest BCUT2D eigenvalue weighted by Gasteiger charge is 2.33. The molecule has 160 valence electrons. The number of rotatable bonds is 5. The summed E-state index contributed by atoms with van der Waals surface area (Å²) < 4.78 is 29.1. The van der Waals surface area contributed by atoms with Gasteiger partial charge in [0.15, 0.2) is 0 Å². The topological polar surface area (TPSA) is 95.1 Å². The van der Waals surface area contributed by atoms with Crippen LogP contribution in [-0.2, 0) is 36.6 Å². The second kappa shape index (κ2) is 8.49. The second-order valence-corrected chi connectivity index (χ2v) is 9.79. The van der Waals surface area contributed by atoms with Gasteiger partial charge in [-0.05, 0) is 41.8 Å². The first kappa shape index (κ1) is 21.0. The lowest BCUT2D eigenvalue weighted by Gasteiger charge is -2.31. The van der Waals surface area contributed by atoms with E-state index in [1.165, 1.54) is 6.26 Å². The van der Waals surface area contributed by atoms with Gasteiger partial charge in [0.2, 0.25) is 10.0 Å². The third-order valence-corrected chi connectivity index (χ3v) is 6.88. The number of hydrogen-bond donors (Lipinski definition) is 0. The first-order valence-electron chi connectivity index (χ1n) is 9.94. The molecule has 8 nitrogen and oxygen atoms in total. The molecule has 0 saturated carbocycles. The summed E-state index contributed by atoms with van der Waals surface area (Å²) in [6.45, 7) is 1.30. The smallest absolute Gasteiger partial charge is 0.211 e. The Labute approximate surface area is 182 Å². The van der Waals surface area contributed by atoms with E-state index in [2.05, 4.69) is 20.9 Å². The van der Waals surface area contributed by atoms with Crippen molar-refractivity contribution in [1.82, 2.24) is 18.8 Å². The molecule has 9 heteroatoms. The van der Waals surface area contributed by atoms with Gasteiger partial charge in [0.1, 0.15) is 0 Å². The lowest BCUT2D eigenvalue weighted by molar-refractivity contribution is 0.320. The molecule has 31 heavy (non-hydrogen) atoms. The van der Waals surface area contributed by atoms with Crippen LogP contribution < -0.4 is 4.90 Å². The van der Waals surface area contributed by atoms with Crippen molar-refractivity contribution in [2.75, 3.05) is 17.7 Å². The molecular weight excluding hydrogens is 412 g/mol. The number of fused-ring (bicyclic) bond motifs is 1. The Morgan fingerprint density at radius 3 is 2.71 bits per heavy atom. The lowest BCUT2D eigenvalue weighted by Crippen LogP contribution is -2.45. The molecule has 3 aromatic rings.